The Labute approximate surface area is 166 Å². The summed E-state index contributed by atoms with van der Waals surface area (Å²) in [5.74, 6) is 1.52. The molecule has 0 spiro atoms. The third-order valence-corrected chi connectivity index (χ3v) is 6.72. The molecule has 1 aliphatic heterocycles. The Kier molecular flexibility index (Phi) is 5.72. The first-order valence-corrected chi connectivity index (χ1v) is 9.46. The van der Waals surface area contributed by atoms with E-state index in [1.54, 1.807) is 0 Å². The van der Waals surface area contributed by atoms with Crippen LogP contribution in [0.2, 0.25) is 0 Å². The molecule has 0 radical (unpaired) electrons. The monoisotopic (exact) mass is 420 g/mol. The zero-order valence-electron chi connectivity index (χ0n) is 15.3. The van der Waals surface area contributed by atoms with E-state index in [0.29, 0.717) is 11.8 Å². The lowest BCUT2D eigenvalue weighted by atomic mass is 9.59. The second-order valence-electron chi connectivity index (χ2n) is 7.99. The van der Waals surface area contributed by atoms with E-state index in [4.69, 9.17) is 0 Å². The number of hydrazone groups is 1. The molecule has 2 fully saturated rings. The van der Waals surface area contributed by atoms with Crippen LogP contribution < -0.4 is 10.7 Å². The Morgan fingerprint density at radius 2 is 2.08 bits per heavy atom. The first-order chi connectivity index (χ1) is 12.1. The second kappa shape index (κ2) is 7.69. The molecule has 1 aromatic rings. The SMILES string of the molecule is Br.C[C@]12CC[C@H](c3ccccc3)C[C@@]1(O)CC[C@@H]2/C=N/NC1=NCCN1. The van der Waals surface area contributed by atoms with Crippen molar-refractivity contribution in [2.24, 2.45) is 21.4 Å². The predicted octanol–water partition coefficient (Wildman–Crippen LogP) is 3.21. The molecule has 3 N–H and O–H groups in total. The lowest BCUT2D eigenvalue weighted by Crippen LogP contribution is -2.49. The highest BCUT2D eigenvalue weighted by Crippen LogP contribution is 2.60. The molecule has 0 bridgehead atoms. The number of nitrogens with zero attached hydrogens (tertiary/aromatic N) is 2. The van der Waals surface area contributed by atoms with Gasteiger partial charge in [0.05, 0.1) is 12.1 Å². The molecule has 1 heterocycles. The van der Waals surface area contributed by atoms with E-state index in [-0.39, 0.29) is 22.4 Å². The van der Waals surface area contributed by atoms with Crippen LogP contribution in [0.25, 0.3) is 0 Å². The van der Waals surface area contributed by atoms with Gasteiger partial charge >= 0.3 is 0 Å². The summed E-state index contributed by atoms with van der Waals surface area (Å²) in [6.07, 6.45) is 6.90. The highest BCUT2D eigenvalue weighted by Gasteiger charge is 2.58. The van der Waals surface area contributed by atoms with Crippen LogP contribution in [0.4, 0.5) is 0 Å². The van der Waals surface area contributed by atoms with E-state index in [0.717, 1.165) is 51.2 Å². The predicted molar refractivity (Wildman–Crippen MR) is 111 cm³/mol. The largest absolute Gasteiger partial charge is 0.389 e. The lowest BCUT2D eigenvalue weighted by molar-refractivity contribution is -0.0957. The molecule has 0 saturated heterocycles. The van der Waals surface area contributed by atoms with Crippen LogP contribution in [0.3, 0.4) is 0 Å². The first-order valence-electron chi connectivity index (χ1n) is 9.46. The number of fused-ring (bicyclic) bond motifs is 1. The minimum absolute atomic E-state index is 0. The van der Waals surface area contributed by atoms with Crippen molar-refractivity contribution in [2.45, 2.75) is 50.5 Å². The topological polar surface area (TPSA) is 69.0 Å². The second-order valence-corrected chi connectivity index (χ2v) is 7.99. The normalized spacial score (nSPS) is 36.2. The van der Waals surface area contributed by atoms with Crippen LogP contribution in [0.1, 0.15) is 50.5 Å². The summed E-state index contributed by atoms with van der Waals surface area (Å²) in [5, 5.41) is 19.0. The summed E-state index contributed by atoms with van der Waals surface area (Å²) in [7, 11) is 0. The Morgan fingerprint density at radius 3 is 2.81 bits per heavy atom. The zero-order chi connectivity index (χ0) is 17.3. The van der Waals surface area contributed by atoms with Gasteiger partial charge in [-0.25, -0.2) is 10.4 Å². The third-order valence-electron chi connectivity index (χ3n) is 6.72. The summed E-state index contributed by atoms with van der Waals surface area (Å²) in [6, 6.07) is 10.7. The van der Waals surface area contributed by atoms with Crippen LogP contribution in [-0.2, 0) is 0 Å². The maximum absolute atomic E-state index is 11.5. The molecule has 26 heavy (non-hydrogen) atoms. The first kappa shape index (κ1) is 19.4. The van der Waals surface area contributed by atoms with E-state index < -0.39 is 5.60 Å². The zero-order valence-corrected chi connectivity index (χ0v) is 17.0. The quantitative estimate of drug-likeness (QED) is 0.519. The van der Waals surface area contributed by atoms with Gasteiger partial charge in [-0.15, -0.1) is 17.0 Å². The van der Waals surface area contributed by atoms with Crippen molar-refractivity contribution in [1.82, 2.24) is 10.7 Å². The summed E-state index contributed by atoms with van der Waals surface area (Å²) in [5.41, 5.74) is 3.68. The fourth-order valence-corrected chi connectivity index (χ4v) is 4.99. The average molecular weight is 421 g/mol. The summed E-state index contributed by atoms with van der Waals surface area (Å²) >= 11 is 0. The summed E-state index contributed by atoms with van der Waals surface area (Å²) in [4.78, 5) is 4.29. The van der Waals surface area contributed by atoms with E-state index in [1.165, 1.54) is 5.56 Å². The molecule has 142 valence electrons. The van der Waals surface area contributed by atoms with Crippen molar-refractivity contribution in [3.63, 3.8) is 0 Å². The van der Waals surface area contributed by atoms with Gasteiger partial charge in [0.15, 0.2) is 0 Å². The van der Waals surface area contributed by atoms with E-state index in [1.807, 2.05) is 6.21 Å². The highest BCUT2D eigenvalue weighted by atomic mass is 79.9. The van der Waals surface area contributed by atoms with Crippen LogP contribution in [-0.4, -0.2) is 36.0 Å². The number of aliphatic hydroxyl groups is 1. The van der Waals surface area contributed by atoms with Gasteiger partial charge in [0.2, 0.25) is 5.96 Å². The molecule has 4 rings (SSSR count). The number of nitrogens with one attached hydrogen (secondary N) is 2. The standard InChI is InChI=1S/C20H28N4O.BrH/c1-19-9-7-16(15-5-3-2-4-6-15)13-20(19,25)10-8-17(19)14-23-24-18-21-11-12-22-18;/h2-6,14,16-17,25H,7-13H2,1H3,(H2,21,22,24);1H/b23-14+;/t16-,17+,19+,20-;/m0./s1. The van der Waals surface area contributed by atoms with E-state index in [9.17, 15) is 5.11 Å². The number of guanidine groups is 1. The van der Waals surface area contributed by atoms with Crippen molar-refractivity contribution in [3.8, 4) is 0 Å². The molecule has 0 unspecified atom stereocenters. The van der Waals surface area contributed by atoms with Crippen molar-refractivity contribution in [2.75, 3.05) is 13.1 Å². The maximum Gasteiger partial charge on any atom is 0.212 e. The van der Waals surface area contributed by atoms with Gasteiger partial charge < -0.3 is 10.4 Å². The van der Waals surface area contributed by atoms with Crippen molar-refractivity contribution in [1.29, 1.82) is 0 Å². The van der Waals surface area contributed by atoms with Crippen LogP contribution in [0, 0.1) is 11.3 Å². The van der Waals surface area contributed by atoms with Gasteiger partial charge in [-0.1, -0.05) is 37.3 Å². The van der Waals surface area contributed by atoms with Gasteiger partial charge in [0.1, 0.15) is 0 Å². The molecule has 2 saturated carbocycles. The molecule has 4 atom stereocenters. The summed E-state index contributed by atoms with van der Waals surface area (Å²) in [6.45, 7) is 3.93. The fourth-order valence-electron chi connectivity index (χ4n) is 4.99. The van der Waals surface area contributed by atoms with Gasteiger partial charge in [0.25, 0.3) is 0 Å². The average Bonchev–Trinajstić information content (AvgIpc) is 3.23. The molecule has 5 nitrogen and oxygen atoms in total. The molecule has 6 heteroatoms. The molecule has 0 aromatic heterocycles. The van der Waals surface area contributed by atoms with E-state index >= 15 is 0 Å². The molecule has 1 aromatic carbocycles. The van der Waals surface area contributed by atoms with Gasteiger partial charge in [-0.3, -0.25) is 0 Å². The van der Waals surface area contributed by atoms with Gasteiger partial charge in [-0.2, -0.15) is 5.10 Å². The van der Waals surface area contributed by atoms with Crippen molar-refractivity contribution >= 4 is 29.2 Å². The number of hydrogen-bond donors (Lipinski definition) is 3. The Balaban J connectivity index is 0.00000196. The Bertz CT molecular complexity index is 680. The van der Waals surface area contributed by atoms with Crippen LogP contribution in [0.5, 0.6) is 0 Å². The maximum atomic E-state index is 11.5. The Hall–Kier alpha value is -1.40. The minimum atomic E-state index is -0.592. The molecule has 0 amide bonds. The number of aliphatic imine (C=N–C) groups is 1. The molecule has 2 aliphatic carbocycles. The summed E-state index contributed by atoms with van der Waals surface area (Å²) < 4.78 is 0. The van der Waals surface area contributed by atoms with Crippen LogP contribution in [0.15, 0.2) is 40.4 Å². The fraction of sp³-hybridized carbons (Fsp3) is 0.600. The van der Waals surface area contributed by atoms with E-state index in [2.05, 4.69) is 58.1 Å². The number of hydrogen-bond acceptors (Lipinski definition) is 5. The molecule has 3 aliphatic rings. The number of benzene rings is 1. The van der Waals surface area contributed by atoms with Gasteiger partial charge in [0, 0.05) is 24.1 Å². The minimum Gasteiger partial charge on any atom is -0.389 e. The van der Waals surface area contributed by atoms with Crippen molar-refractivity contribution < 1.29 is 5.11 Å². The Morgan fingerprint density at radius 1 is 1.27 bits per heavy atom. The van der Waals surface area contributed by atoms with Crippen LogP contribution >= 0.6 is 17.0 Å². The number of rotatable bonds is 3. The van der Waals surface area contributed by atoms with Gasteiger partial charge in [-0.05, 0) is 43.6 Å². The number of halogens is 1. The molecular weight excluding hydrogens is 392 g/mol. The lowest BCUT2D eigenvalue weighted by Gasteiger charge is -2.49. The highest BCUT2D eigenvalue weighted by molar-refractivity contribution is 8.93. The smallest absolute Gasteiger partial charge is 0.212 e. The molecular formula is C20H29BrN4O. The third kappa shape index (κ3) is 3.41. The van der Waals surface area contributed by atoms with Crippen molar-refractivity contribution in [3.05, 3.63) is 35.9 Å².